The number of hydrogen-bond acceptors (Lipinski definition) is 4. The lowest BCUT2D eigenvalue weighted by Crippen LogP contribution is -2.25. The van der Waals surface area contributed by atoms with E-state index in [-0.39, 0.29) is 0 Å². The van der Waals surface area contributed by atoms with Crippen molar-refractivity contribution in [2.24, 2.45) is 0 Å². The quantitative estimate of drug-likeness (QED) is 0.371. The molecule has 2 N–H and O–H groups in total. The summed E-state index contributed by atoms with van der Waals surface area (Å²) in [5.41, 5.74) is 0. The molecule has 0 saturated carbocycles. The fraction of sp³-hybridized carbons (Fsp3) is 0. The SMILES string of the molecule is O=C(O)N(S)S(=O)(=O)O. The first kappa shape index (κ1) is 8.53. The van der Waals surface area contributed by atoms with E-state index in [2.05, 4.69) is 12.8 Å². The van der Waals surface area contributed by atoms with E-state index in [0.29, 0.717) is 0 Å². The highest BCUT2D eigenvalue weighted by molar-refractivity contribution is 7.97. The van der Waals surface area contributed by atoms with Crippen LogP contribution in [0, 0.1) is 0 Å². The average molecular weight is 173 g/mol. The van der Waals surface area contributed by atoms with Gasteiger partial charge in [0.05, 0.1) is 0 Å². The molecule has 8 heteroatoms. The van der Waals surface area contributed by atoms with Crippen LogP contribution in [0.4, 0.5) is 4.79 Å². The van der Waals surface area contributed by atoms with Gasteiger partial charge in [0.2, 0.25) is 0 Å². The number of rotatable bonds is 1. The van der Waals surface area contributed by atoms with E-state index in [9.17, 15) is 13.2 Å². The minimum Gasteiger partial charge on any atom is -0.464 e. The van der Waals surface area contributed by atoms with Gasteiger partial charge in [0.25, 0.3) is 0 Å². The third kappa shape index (κ3) is 2.54. The third-order valence-corrected chi connectivity index (χ3v) is 1.77. The smallest absolute Gasteiger partial charge is 0.433 e. The van der Waals surface area contributed by atoms with Crippen LogP contribution in [0.5, 0.6) is 0 Å². The number of thiol groups is 1. The van der Waals surface area contributed by atoms with Gasteiger partial charge in [0.1, 0.15) is 0 Å². The Hall–Kier alpha value is -0.470. The van der Waals surface area contributed by atoms with Gasteiger partial charge in [0.15, 0.2) is 0 Å². The van der Waals surface area contributed by atoms with E-state index in [0.717, 1.165) is 0 Å². The Morgan fingerprint density at radius 3 is 1.89 bits per heavy atom. The first-order valence-electron chi connectivity index (χ1n) is 1.55. The van der Waals surface area contributed by atoms with Crippen LogP contribution in [0.1, 0.15) is 0 Å². The third-order valence-electron chi connectivity index (χ3n) is 0.382. The Morgan fingerprint density at radius 2 is 1.89 bits per heavy atom. The summed E-state index contributed by atoms with van der Waals surface area (Å²) >= 11 is 2.90. The van der Waals surface area contributed by atoms with E-state index in [1.54, 1.807) is 0 Å². The number of hydrogen-bond donors (Lipinski definition) is 3. The van der Waals surface area contributed by atoms with Crippen LogP contribution in [0.15, 0.2) is 0 Å². The van der Waals surface area contributed by atoms with Gasteiger partial charge >= 0.3 is 16.4 Å². The van der Waals surface area contributed by atoms with Crippen molar-refractivity contribution in [3.05, 3.63) is 0 Å². The highest BCUT2D eigenvalue weighted by atomic mass is 32.3. The predicted molar refractivity (Wildman–Crippen MR) is 30.4 cm³/mol. The first-order chi connectivity index (χ1) is 3.85. The molecule has 0 spiro atoms. The maximum atomic E-state index is 9.80. The highest BCUT2D eigenvalue weighted by Crippen LogP contribution is 1.99. The Morgan fingerprint density at radius 1 is 1.56 bits per heavy atom. The van der Waals surface area contributed by atoms with Crippen LogP contribution in [0.3, 0.4) is 0 Å². The van der Waals surface area contributed by atoms with Crippen molar-refractivity contribution in [3.63, 3.8) is 0 Å². The van der Waals surface area contributed by atoms with Gasteiger partial charge < -0.3 is 5.11 Å². The Labute approximate surface area is 56.5 Å². The Bertz CT molecular complexity index is 205. The molecule has 0 rings (SSSR count). The molecule has 0 aliphatic heterocycles. The second-order valence-electron chi connectivity index (χ2n) is 1.00. The minimum atomic E-state index is -4.70. The summed E-state index contributed by atoms with van der Waals surface area (Å²) in [6, 6.07) is 0. The molecule has 0 aromatic heterocycles. The van der Waals surface area contributed by atoms with Crippen molar-refractivity contribution >= 4 is 29.2 Å². The first-order valence-corrected chi connectivity index (χ1v) is 3.35. The summed E-state index contributed by atoms with van der Waals surface area (Å²) in [6.45, 7) is 0. The van der Waals surface area contributed by atoms with Crippen molar-refractivity contribution in [3.8, 4) is 0 Å². The zero-order valence-corrected chi connectivity index (χ0v) is 5.63. The molecule has 0 aliphatic rings. The predicted octanol–water partition coefficient (Wildman–Crippen LogP) is -0.386. The van der Waals surface area contributed by atoms with Gasteiger partial charge in [-0.15, -0.1) is 3.71 Å². The van der Waals surface area contributed by atoms with Gasteiger partial charge in [-0.05, 0) is 12.8 Å². The molecule has 0 bridgehead atoms. The van der Waals surface area contributed by atoms with Crippen molar-refractivity contribution in [1.29, 1.82) is 0 Å². The second kappa shape index (κ2) is 2.42. The van der Waals surface area contributed by atoms with Crippen molar-refractivity contribution < 1.29 is 22.9 Å². The van der Waals surface area contributed by atoms with E-state index in [1.807, 2.05) is 0 Å². The van der Waals surface area contributed by atoms with Gasteiger partial charge in [-0.1, -0.05) is 0 Å². The van der Waals surface area contributed by atoms with Crippen LogP contribution in [0.25, 0.3) is 0 Å². The molecule has 54 valence electrons. The minimum absolute atomic E-state index is 0.507. The zero-order chi connectivity index (χ0) is 7.65. The van der Waals surface area contributed by atoms with Crippen molar-refractivity contribution in [2.45, 2.75) is 0 Å². The molecule has 0 heterocycles. The number of amides is 1. The zero-order valence-electron chi connectivity index (χ0n) is 3.92. The molecule has 0 unspecified atom stereocenters. The molecule has 0 aromatic rings. The summed E-state index contributed by atoms with van der Waals surface area (Å²) in [4.78, 5) is 9.66. The molecular weight excluding hydrogens is 170 g/mol. The normalized spacial score (nSPS) is 10.9. The lowest BCUT2D eigenvalue weighted by atomic mass is 11.3. The Balaban J connectivity index is 4.43. The fourth-order valence-electron chi connectivity index (χ4n) is 0.0987. The number of carbonyl (C=O) groups is 1. The molecule has 1 amide bonds. The van der Waals surface area contributed by atoms with Crippen LogP contribution >= 0.6 is 12.8 Å². The lowest BCUT2D eigenvalue weighted by molar-refractivity contribution is 0.187. The van der Waals surface area contributed by atoms with Gasteiger partial charge in [0, 0.05) is 0 Å². The number of carboxylic acid groups (broad SMARTS) is 1. The molecule has 0 aromatic carbocycles. The van der Waals surface area contributed by atoms with Gasteiger partial charge in [-0.3, -0.25) is 4.55 Å². The van der Waals surface area contributed by atoms with Crippen molar-refractivity contribution in [1.82, 2.24) is 3.71 Å². The van der Waals surface area contributed by atoms with E-state index in [1.165, 1.54) is 0 Å². The molecular formula is CH3NO5S2. The average Bonchev–Trinajstić information content (AvgIpc) is 1.62. The van der Waals surface area contributed by atoms with Gasteiger partial charge in [-0.2, -0.15) is 8.42 Å². The van der Waals surface area contributed by atoms with E-state index >= 15 is 0 Å². The van der Waals surface area contributed by atoms with Crippen molar-refractivity contribution in [2.75, 3.05) is 0 Å². The molecule has 0 fully saturated rings. The standard InChI is InChI=1S/CH3NO5S2/c3-1(4)2(8)9(5,6)7/h8H,(H,3,4)(H,5,6,7). The highest BCUT2D eigenvalue weighted by Gasteiger charge is 2.19. The topological polar surface area (TPSA) is 94.9 Å². The summed E-state index contributed by atoms with van der Waals surface area (Å²) in [5.74, 6) is 0. The summed E-state index contributed by atoms with van der Waals surface area (Å²) < 4.78 is 27.0. The summed E-state index contributed by atoms with van der Waals surface area (Å²) in [6.07, 6.45) is -1.86. The summed E-state index contributed by atoms with van der Waals surface area (Å²) in [7, 11) is -4.70. The monoisotopic (exact) mass is 173 g/mol. The van der Waals surface area contributed by atoms with Crippen LogP contribution in [-0.4, -0.2) is 27.9 Å². The molecule has 0 saturated heterocycles. The van der Waals surface area contributed by atoms with Gasteiger partial charge in [-0.25, -0.2) is 4.79 Å². The summed E-state index contributed by atoms with van der Waals surface area (Å²) in [5, 5.41) is 7.83. The van der Waals surface area contributed by atoms with Crippen LogP contribution in [0.2, 0.25) is 0 Å². The largest absolute Gasteiger partial charge is 0.464 e. The molecule has 0 aliphatic carbocycles. The molecule has 6 nitrogen and oxygen atoms in total. The van der Waals surface area contributed by atoms with Crippen LogP contribution < -0.4 is 0 Å². The van der Waals surface area contributed by atoms with E-state index in [4.69, 9.17) is 9.66 Å². The molecule has 9 heavy (non-hydrogen) atoms. The fourth-order valence-corrected chi connectivity index (χ4v) is 0.296. The lowest BCUT2D eigenvalue weighted by Gasteiger charge is -2.03. The maximum Gasteiger partial charge on any atom is 0.433 e. The Kier molecular flexibility index (Phi) is 2.29. The second-order valence-corrected chi connectivity index (χ2v) is 2.93. The van der Waals surface area contributed by atoms with E-state index < -0.39 is 20.1 Å². The molecule has 0 radical (unpaired) electrons. The maximum absolute atomic E-state index is 9.80. The number of nitrogens with zero attached hydrogens (tertiary/aromatic N) is 1. The van der Waals surface area contributed by atoms with Crippen LogP contribution in [-0.2, 0) is 10.3 Å². The molecule has 0 atom stereocenters.